The minimum atomic E-state index is -0.501. The molecule has 128 valence electrons. The highest BCUT2D eigenvalue weighted by Gasteiger charge is 2.27. The smallest absolute Gasteiger partial charge is 0.317 e. The molecule has 1 saturated heterocycles. The molecule has 1 N–H and O–H groups in total. The molecule has 1 aliphatic rings. The number of hydrogen-bond acceptors (Lipinski definition) is 4. The molecule has 0 radical (unpaired) electrons. The predicted octanol–water partition coefficient (Wildman–Crippen LogP) is 2.46. The number of ether oxygens (including phenoxy) is 1. The van der Waals surface area contributed by atoms with E-state index in [2.05, 4.69) is 10.3 Å². The molecule has 2 heterocycles. The summed E-state index contributed by atoms with van der Waals surface area (Å²) in [4.78, 5) is 17.9. The van der Waals surface area contributed by atoms with E-state index in [-0.39, 0.29) is 24.2 Å². The highest BCUT2D eigenvalue weighted by atomic mass is 19.1. The van der Waals surface area contributed by atoms with Crippen molar-refractivity contribution in [2.75, 3.05) is 13.1 Å². The monoisotopic (exact) mass is 340 g/mol. The van der Waals surface area contributed by atoms with Gasteiger partial charge in [0, 0.05) is 31.3 Å². The van der Waals surface area contributed by atoms with E-state index >= 15 is 0 Å². The Morgan fingerprint density at radius 2 is 2.36 bits per heavy atom. The van der Waals surface area contributed by atoms with Crippen molar-refractivity contribution in [2.45, 2.75) is 19.1 Å². The van der Waals surface area contributed by atoms with Crippen LogP contribution in [0.5, 0.6) is 5.75 Å². The molecule has 0 bridgehead atoms. The maximum Gasteiger partial charge on any atom is 0.317 e. The molecule has 25 heavy (non-hydrogen) atoms. The van der Waals surface area contributed by atoms with E-state index in [0.717, 1.165) is 12.5 Å². The lowest BCUT2D eigenvalue weighted by molar-refractivity contribution is 0.186. The Morgan fingerprint density at radius 1 is 1.48 bits per heavy atom. The molecule has 3 rings (SSSR count). The maximum absolute atomic E-state index is 13.8. The lowest BCUT2D eigenvalue weighted by Gasteiger charge is -2.18. The zero-order chi connectivity index (χ0) is 17.6. The predicted molar refractivity (Wildman–Crippen MR) is 88.2 cm³/mol. The van der Waals surface area contributed by atoms with Crippen molar-refractivity contribution in [3.8, 4) is 11.8 Å². The van der Waals surface area contributed by atoms with Crippen LogP contribution in [0, 0.1) is 17.1 Å². The van der Waals surface area contributed by atoms with Crippen molar-refractivity contribution >= 4 is 6.03 Å². The van der Waals surface area contributed by atoms with Crippen molar-refractivity contribution in [1.29, 1.82) is 5.26 Å². The Balaban J connectivity index is 1.50. The third kappa shape index (κ3) is 4.23. The molecule has 0 saturated carbocycles. The average molecular weight is 340 g/mol. The van der Waals surface area contributed by atoms with Gasteiger partial charge in [-0.05, 0) is 24.3 Å². The zero-order valence-electron chi connectivity index (χ0n) is 13.5. The van der Waals surface area contributed by atoms with E-state index in [9.17, 15) is 9.18 Å². The standard InChI is InChI=1S/C18H17FN4O2/c19-17-8-13(9-20)3-4-14(17)10-22-18(24)23-7-5-16(12-23)25-15-2-1-6-21-11-15/h1-4,6,8,11,16H,5,7,10,12H2,(H,22,24). The first-order chi connectivity index (χ1) is 12.2. The SMILES string of the molecule is N#Cc1ccc(CNC(=O)N2CCC(Oc3cccnc3)C2)c(F)c1. The lowest BCUT2D eigenvalue weighted by atomic mass is 10.1. The van der Waals surface area contributed by atoms with E-state index in [0.29, 0.717) is 24.4 Å². The number of carbonyl (C=O) groups is 1. The van der Waals surface area contributed by atoms with E-state index < -0.39 is 5.82 Å². The van der Waals surface area contributed by atoms with E-state index in [1.807, 2.05) is 12.1 Å². The third-order valence-corrected chi connectivity index (χ3v) is 3.98. The van der Waals surface area contributed by atoms with Crippen molar-refractivity contribution < 1.29 is 13.9 Å². The van der Waals surface area contributed by atoms with Gasteiger partial charge in [-0.2, -0.15) is 5.26 Å². The molecule has 1 aromatic heterocycles. The quantitative estimate of drug-likeness (QED) is 0.927. The van der Waals surface area contributed by atoms with Crippen molar-refractivity contribution in [2.24, 2.45) is 0 Å². The molecule has 6 nitrogen and oxygen atoms in total. The van der Waals surface area contributed by atoms with E-state index in [1.165, 1.54) is 12.1 Å². The van der Waals surface area contributed by atoms with Gasteiger partial charge in [0.15, 0.2) is 0 Å². The minimum absolute atomic E-state index is 0.0704. The summed E-state index contributed by atoms with van der Waals surface area (Å²) in [7, 11) is 0. The largest absolute Gasteiger partial charge is 0.487 e. The van der Waals surface area contributed by atoms with Crippen molar-refractivity contribution in [3.05, 3.63) is 59.7 Å². The van der Waals surface area contributed by atoms with Gasteiger partial charge in [-0.1, -0.05) is 6.07 Å². The van der Waals surface area contributed by atoms with Crippen molar-refractivity contribution in [1.82, 2.24) is 15.2 Å². The summed E-state index contributed by atoms with van der Waals surface area (Å²) in [6, 6.07) is 9.42. The van der Waals surface area contributed by atoms with Crippen LogP contribution in [0.25, 0.3) is 0 Å². The Hall–Kier alpha value is -3.14. The third-order valence-electron chi connectivity index (χ3n) is 3.98. The summed E-state index contributed by atoms with van der Waals surface area (Å²) in [6.45, 7) is 1.12. The summed E-state index contributed by atoms with van der Waals surface area (Å²) in [6.07, 6.45) is 3.95. The Bertz CT molecular complexity index is 791. The van der Waals surface area contributed by atoms with Gasteiger partial charge in [0.2, 0.25) is 0 Å². The van der Waals surface area contributed by atoms with Gasteiger partial charge in [-0.25, -0.2) is 9.18 Å². The number of hydrogen-bond donors (Lipinski definition) is 1. The Kier molecular flexibility index (Phi) is 5.09. The fourth-order valence-electron chi connectivity index (χ4n) is 2.66. The second kappa shape index (κ2) is 7.62. The number of nitriles is 1. The zero-order valence-corrected chi connectivity index (χ0v) is 13.5. The highest BCUT2D eigenvalue weighted by Crippen LogP contribution is 2.17. The molecule has 1 fully saturated rings. The van der Waals surface area contributed by atoms with Gasteiger partial charge >= 0.3 is 6.03 Å². The minimum Gasteiger partial charge on any atom is -0.487 e. The second-order valence-corrected chi connectivity index (χ2v) is 5.74. The molecular weight excluding hydrogens is 323 g/mol. The molecule has 1 unspecified atom stereocenters. The first-order valence-corrected chi connectivity index (χ1v) is 7.93. The summed E-state index contributed by atoms with van der Waals surface area (Å²) < 4.78 is 19.6. The maximum atomic E-state index is 13.8. The normalized spacial score (nSPS) is 16.3. The van der Waals surface area contributed by atoms with Crippen LogP contribution < -0.4 is 10.1 Å². The first-order valence-electron chi connectivity index (χ1n) is 7.93. The van der Waals surface area contributed by atoms with Crippen LogP contribution in [0.2, 0.25) is 0 Å². The van der Waals surface area contributed by atoms with Crippen LogP contribution in [0.1, 0.15) is 17.5 Å². The van der Waals surface area contributed by atoms with Crippen LogP contribution >= 0.6 is 0 Å². The molecule has 1 atom stereocenters. The second-order valence-electron chi connectivity index (χ2n) is 5.74. The fourth-order valence-corrected chi connectivity index (χ4v) is 2.66. The summed E-state index contributed by atoms with van der Waals surface area (Å²) in [5.41, 5.74) is 0.595. The number of halogens is 1. The van der Waals surface area contributed by atoms with Crippen LogP contribution in [0.15, 0.2) is 42.7 Å². The number of urea groups is 1. The first kappa shape index (κ1) is 16.7. The highest BCUT2D eigenvalue weighted by molar-refractivity contribution is 5.74. The van der Waals surface area contributed by atoms with E-state index in [1.54, 1.807) is 23.4 Å². The molecule has 0 aliphatic carbocycles. The summed E-state index contributed by atoms with van der Waals surface area (Å²) >= 11 is 0. The number of nitrogens with zero attached hydrogens (tertiary/aromatic N) is 3. The van der Waals surface area contributed by atoms with Gasteiger partial charge < -0.3 is 15.0 Å². The molecule has 1 aromatic carbocycles. The number of carbonyl (C=O) groups excluding carboxylic acids is 1. The number of benzene rings is 1. The molecule has 1 aliphatic heterocycles. The fraction of sp³-hybridized carbons (Fsp3) is 0.278. The number of nitrogens with one attached hydrogen (secondary N) is 1. The number of rotatable bonds is 4. The van der Waals surface area contributed by atoms with Crippen LogP contribution in [0.3, 0.4) is 0 Å². The van der Waals surface area contributed by atoms with Crippen LogP contribution in [-0.4, -0.2) is 35.1 Å². The molecule has 2 aromatic rings. The van der Waals surface area contributed by atoms with Crippen molar-refractivity contribution in [3.63, 3.8) is 0 Å². The average Bonchev–Trinajstić information content (AvgIpc) is 3.09. The number of aromatic nitrogens is 1. The van der Waals surface area contributed by atoms with Gasteiger partial charge in [0.05, 0.1) is 24.4 Å². The summed E-state index contributed by atoms with van der Waals surface area (Å²) in [5.74, 6) is 0.174. The van der Waals surface area contributed by atoms with Gasteiger partial charge in [0.1, 0.15) is 17.7 Å². The summed E-state index contributed by atoms with van der Waals surface area (Å²) in [5, 5.41) is 11.4. The Labute approximate surface area is 144 Å². The molecule has 7 heteroatoms. The Morgan fingerprint density at radius 3 is 3.08 bits per heavy atom. The number of likely N-dealkylation sites (tertiary alicyclic amines) is 1. The van der Waals surface area contributed by atoms with Crippen LogP contribution in [-0.2, 0) is 6.54 Å². The molecule has 0 spiro atoms. The topological polar surface area (TPSA) is 78.2 Å². The van der Waals surface area contributed by atoms with Crippen LogP contribution in [0.4, 0.5) is 9.18 Å². The van der Waals surface area contributed by atoms with Gasteiger partial charge in [0.25, 0.3) is 0 Å². The lowest BCUT2D eigenvalue weighted by Crippen LogP contribution is -2.39. The molecular formula is C18H17FN4O2. The molecule has 2 amide bonds. The van der Waals surface area contributed by atoms with E-state index in [4.69, 9.17) is 10.00 Å². The van der Waals surface area contributed by atoms with Gasteiger partial charge in [-0.3, -0.25) is 4.98 Å². The number of amides is 2. The number of pyridine rings is 1. The van der Waals surface area contributed by atoms with Gasteiger partial charge in [-0.15, -0.1) is 0 Å².